The third kappa shape index (κ3) is 6.50. The molecule has 0 saturated carbocycles. The fourth-order valence-corrected chi connectivity index (χ4v) is 2.03. The Balaban J connectivity index is 1.77. The van der Waals surface area contributed by atoms with Gasteiger partial charge in [-0.05, 0) is 42.3 Å². The van der Waals surface area contributed by atoms with Crippen LogP contribution in [-0.2, 0) is 15.8 Å². The summed E-state index contributed by atoms with van der Waals surface area (Å²) in [7, 11) is 0. The molecular formula is C19H17F3N2O3. The largest absolute Gasteiger partial charge is 0.483 e. The maximum Gasteiger partial charge on any atom is 0.416 e. The lowest BCUT2D eigenvalue weighted by Gasteiger charge is -2.09. The number of nitrogens with one attached hydrogen (secondary N) is 2. The van der Waals surface area contributed by atoms with Crippen LogP contribution in [0.2, 0.25) is 0 Å². The third-order valence-electron chi connectivity index (χ3n) is 3.44. The Morgan fingerprint density at radius 2 is 1.70 bits per heavy atom. The number of benzene rings is 2. The van der Waals surface area contributed by atoms with E-state index in [0.29, 0.717) is 11.3 Å². The van der Waals surface area contributed by atoms with Gasteiger partial charge < -0.3 is 4.74 Å². The predicted molar refractivity (Wildman–Crippen MR) is 93.4 cm³/mol. The number of carbonyl (C=O) groups excluding carboxylic acids is 2. The van der Waals surface area contributed by atoms with Crippen LogP contribution in [0.15, 0.2) is 54.6 Å². The van der Waals surface area contributed by atoms with Gasteiger partial charge in [0.05, 0.1) is 5.56 Å². The van der Waals surface area contributed by atoms with Crippen LogP contribution in [0.1, 0.15) is 16.7 Å². The Morgan fingerprint density at radius 1 is 1.04 bits per heavy atom. The van der Waals surface area contributed by atoms with Gasteiger partial charge >= 0.3 is 6.18 Å². The monoisotopic (exact) mass is 378 g/mol. The fraction of sp³-hybridized carbons (Fsp3) is 0.158. The molecule has 142 valence electrons. The van der Waals surface area contributed by atoms with E-state index < -0.39 is 23.6 Å². The van der Waals surface area contributed by atoms with Gasteiger partial charge in [-0.1, -0.05) is 30.3 Å². The topological polar surface area (TPSA) is 67.4 Å². The fourth-order valence-electron chi connectivity index (χ4n) is 2.03. The summed E-state index contributed by atoms with van der Waals surface area (Å²) in [4.78, 5) is 23.3. The summed E-state index contributed by atoms with van der Waals surface area (Å²) < 4.78 is 42.7. The van der Waals surface area contributed by atoms with Crippen LogP contribution in [0.3, 0.4) is 0 Å². The van der Waals surface area contributed by atoms with Crippen molar-refractivity contribution in [1.82, 2.24) is 10.9 Å². The molecular weight excluding hydrogens is 361 g/mol. The Kier molecular flexibility index (Phi) is 6.59. The SMILES string of the molecule is Cc1ccccc1OCC(=O)NNC(=O)/C=C/c1ccc(C(F)(F)F)cc1. The van der Waals surface area contributed by atoms with E-state index in [1.807, 2.05) is 19.1 Å². The van der Waals surface area contributed by atoms with Crippen molar-refractivity contribution in [1.29, 1.82) is 0 Å². The van der Waals surface area contributed by atoms with E-state index in [1.54, 1.807) is 12.1 Å². The highest BCUT2D eigenvalue weighted by Crippen LogP contribution is 2.29. The van der Waals surface area contributed by atoms with E-state index in [0.717, 1.165) is 23.8 Å². The molecule has 0 aromatic heterocycles. The van der Waals surface area contributed by atoms with Crippen LogP contribution in [0.5, 0.6) is 5.75 Å². The number of rotatable bonds is 5. The van der Waals surface area contributed by atoms with Crippen molar-refractivity contribution in [2.45, 2.75) is 13.1 Å². The normalized spacial score (nSPS) is 11.3. The maximum atomic E-state index is 12.5. The number of alkyl halides is 3. The Labute approximate surface area is 153 Å². The van der Waals surface area contributed by atoms with Gasteiger partial charge in [-0.15, -0.1) is 0 Å². The van der Waals surface area contributed by atoms with Gasteiger partial charge in [0, 0.05) is 6.08 Å². The van der Waals surface area contributed by atoms with E-state index in [-0.39, 0.29) is 6.61 Å². The zero-order chi connectivity index (χ0) is 19.9. The zero-order valence-electron chi connectivity index (χ0n) is 14.3. The lowest BCUT2D eigenvalue weighted by atomic mass is 10.1. The highest BCUT2D eigenvalue weighted by Gasteiger charge is 2.29. The highest BCUT2D eigenvalue weighted by molar-refractivity contribution is 5.93. The Morgan fingerprint density at radius 3 is 2.33 bits per heavy atom. The van der Waals surface area contributed by atoms with Gasteiger partial charge in [0.2, 0.25) is 0 Å². The third-order valence-corrected chi connectivity index (χ3v) is 3.44. The standard InChI is InChI=1S/C19H17F3N2O3/c1-13-4-2-3-5-16(13)27-12-18(26)24-23-17(25)11-8-14-6-9-15(10-7-14)19(20,21)22/h2-11H,12H2,1H3,(H,23,25)(H,24,26)/b11-8+. The van der Waals surface area contributed by atoms with Gasteiger partial charge in [0.25, 0.3) is 11.8 Å². The minimum atomic E-state index is -4.41. The second-order valence-corrected chi connectivity index (χ2v) is 5.54. The molecule has 0 aliphatic carbocycles. The molecule has 2 amide bonds. The molecule has 0 aliphatic rings. The van der Waals surface area contributed by atoms with Crippen molar-refractivity contribution in [2.75, 3.05) is 6.61 Å². The molecule has 0 radical (unpaired) electrons. The highest BCUT2D eigenvalue weighted by atomic mass is 19.4. The summed E-state index contributed by atoms with van der Waals surface area (Å²) >= 11 is 0. The Bertz CT molecular complexity index is 831. The summed E-state index contributed by atoms with van der Waals surface area (Å²) in [6, 6.07) is 11.5. The lowest BCUT2D eigenvalue weighted by Crippen LogP contribution is -2.43. The van der Waals surface area contributed by atoms with E-state index in [1.165, 1.54) is 18.2 Å². The quantitative estimate of drug-likeness (QED) is 0.620. The molecule has 0 aliphatic heterocycles. The van der Waals surface area contributed by atoms with E-state index in [9.17, 15) is 22.8 Å². The van der Waals surface area contributed by atoms with Crippen LogP contribution in [0, 0.1) is 6.92 Å². The summed E-state index contributed by atoms with van der Waals surface area (Å²) in [5.41, 5.74) is 4.83. The second-order valence-electron chi connectivity index (χ2n) is 5.54. The molecule has 5 nitrogen and oxygen atoms in total. The number of aryl methyl sites for hydroxylation is 1. The van der Waals surface area contributed by atoms with Crippen molar-refractivity contribution in [3.63, 3.8) is 0 Å². The first-order valence-corrected chi connectivity index (χ1v) is 7.88. The number of carbonyl (C=O) groups is 2. The number of ether oxygens (including phenoxy) is 1. The van der Waals surface area contributed by atoms with Gasteiger partial charge in [-0.3, -0.25) is 20.4 Å². The minimum Gasteiger partial charge on any atom is -0.483 e. The van der Waals surface area contributed by atoms with E-state index in [2.05, 4.69) is 10.9 Å². The molecule has 0 spiro atoms. The number of halogens is 3. The van der Waals surface area contributed by atoms with Gasteiger partial charge in [0.1, 0.15) is 5.75 Å². The number of hydrogen-bond donors (Lipinski definition) is 2. The van der Waals surface area contributed by atoms with Crippen molar-refractivity contribution in [3.05, 3.63) is 71.3 Å². The molecule has 0 heterocycles. The van der Waals surface area contributed by atoms with Crippen LogP contribution >= 0.6 is 0 Å². The van der Waals surface area contributed by atoms with Crippen LogP contribution in [0.25, 0.3) is 6.08 Å². The number of hydrazine groups is 1. The zero-order valence-corrected chi connectivity index (χ0v) is 14.3. The maximum absolute atomic E-state index is 12.5. The summed E-state index contributed by atoms with van der Waals surface area (Å²) in [6.45, 7) is 1.55. The first-order valence-electron chi connectivity index (χ1n) is 7.88. The lowest BCUT2D eigenvalue weighted by molar-refractivity contribution is -0.137. The molecule has 0 unspecified atom stereocenters. The van der Waals surface area contributed by atoms with Crippen LogP contribution < -0.4 is 15.6 Å². The van der Waals surface area contributed by atoms with Crippen LogP contribution in [-0.4, -0.2) is 18.4 Å². The molecule has 2 N–H and O–H groups in total. The molecule has 0 fully saturated rings. The Hall–Kier alpha value is -3.29. The molecule has 2 rings (SSSR count). The molecule has 27 heavy (non-hydrogen) atoms. The van der Waals surface area contributed by atoms with Crippen molar-refractivity contribution in [2.24, 2.45) is 0 Å². The first-order chi connectivity index (χ1) is 12.8. The molecule has 2 aromatic carbocycles. The number of hydrogen-bond acceptors (Lipinski definition) is 3. The van der Waals surface area contributed by atoms with E-state index in [4.69, 9.17) is 4.74 Å². The smallest absolute Gasteiger partial charge is 0.416 e. The molecule has 0 saturated heterocycles. The van der Waals surface area contributed by atoms with Gasteiger partial charge in [-0.25, -0.2) is 0 Å². The van der Waals surface area contributed by atoms with E-state index >= 15 is 0 Å². The van der Waals surface area contributed by atoms with Crippen molar-refractivity contribution >= 4 is 17.9 Å². The van der Waals surface area contributed by atoms with Gasteiger partial charge in [0.15, 0.2) is 6.61 Å². The van der Waals surface area contributed by atoms with Crippen LogP contribution in [0.4, 0.5) is 13.2 Å². The summed E-state index contributed by atoms with van der Waals surface area (Å²) in [6.07, 6.45) is -2.00. The van der Waals surface area contributed by atoms with Gasteiger partial charge in [-0.2, -0.15) is 13.2 Å². The molecule has 0 bridgehead atoms. The van der Waals surface area contributed by atoms with Crippen molar-refractivity contribution in [3.8, 4) is 5.75 Å². The van der Waals surface area contributed by atoms with Crippen molar-refractivity contribution < 1.29 is 27.5 Å². The average Bonchev–Trinajstić information content (AvgIpc) is 2.63. The first kappa shape index (κ1) is 20.0. The summed E-state index contributed by atoms with van der Waals surface area (Å²) in [5.74, 6) is -0.644. The predicted octanol–water partition coefficient (Wildman–Crippen LogP) is 3.25. The number of para-hydroxylation sites is 1. The average molecular weight is 378 g/mol. The summed E-state index contributed by atoms with van der Waals surface area (Å²) in [5, 5.41) is 0. The molecule has 0 atom stereocenters. The second kappa shape index (κ2) is 8.88. The minimum absolute atomic E-state index is 0.284. The molecule has 8 heteroatoms. The molecule has 2 aromatic rings. The number of amides is 2.